The van der Waals surface area contributed by atoms with Crippen LogP contribution < -0.4 is 5.73 Å². The van der Waals surface area contributed by atoms with Gasteiger partial charge in [0.2, 0.25) is 0 Å². The summed E-state index contributed by atoms with van der Waals surface area (Å²) in [5.74, 6) is 1.79. The van der Waals surface area contributed by atoms with E-state index in [4.69, 9.17) is 10.5 Å². The fourth-order valence-electron chi connectivity index (χ4n) is 2.39. The first-order chi connectivity index (χ1) is 8.75. The summed E-state index contributed by atoms with van der Waals surface area (Å²) in [6.07, 6.45) is 3.51. The average Bonchev–Trinajstić information content (AvgIpc) is 2.39. The molecule has 1 atom stereocenters. The van der Waals surface area contributed by atoms with Crippen molar-refractivity contribution in [2.24, 2.45) is 11.7 Å². The lowest BCUT2D eigenvalue weighted by Crippen LogP contribution is -2.28. The van der Waals surface area contributed by atoms with Crippen LogP contribution in [0.4, 0.5) is 0 Å². The second-order valence-corrected chi connectivity index (χ2v) is 6.19. The second kappa shape index (κ2) is 7.17. The van der Waals surface area contributed by atoms with Gasteiger partial charge < -0.3 is 10.5 Å². The van der Waals surface area contributed by atoms with Gasteiger partial charge in [-0.05, 0) is 43.7 Å². The fourth-order valence-corrected chi connectivity index (χ4v) is 3.39. The molecule has 0 radical (unpaired) electrons. The molecule has 1 unspecified atom stereocenters. The number of hydrogen-bond acceptors (Lipinski definition) is 3. The van der Waals surface area contributed by atoms with Gasteiger partial charge in [0.1, 0.15) is 0 Å². The quantitative estimate of drug-likeness (QED) is 0.830. The van der Waals surface area contributed by atoms with Gasteiger partial charge in [-0.3, -0.25) is 0 Å². The zero-order chi connectivity index (χ0) is 12.8. The molecule has 1 aliphatic rings. The van der Waals surface area contributed by atoms with Crippen LogP contribution in [0.3, 0.4) is 0 Å². The molecule has 0 bridgehead atoms. The van der Waals surface area contributed by atoms with Gasteiger partial charge in [-0.1, -0.05) is 18.2 Å². The molecule has 2 rings (SSSR count). The van der Waals surface area contributed by atoms with E-state index >= 15 is 0 Å². The van der Waals surface area contributed by atoms with Gasteiger partial charge in [0, 0.05) is 29.9 Å². The summed E-state index contributed by atoms with van der Waals surface area (Å²) in [5.41, 5.74) is 7.59. The van der Waals surface area contributed by atoms with Crippen molar-refractivity contribution in [2.45, 2.75) is 37.1 Å². The van der Waals surface area contributed by atoms with E-state index < -0.39 is 0 Å². The van der Waals surface area contributed by atoms with Crippen LogP contribution in [0.2, 0.25) is 0 Å². The molecule has 0 aromatic heterocycles. The number of rotatable bonds is 5. The number of ether oxygens (including phenoxy) is 1. The highest BCUT2D eigenvalue weighted by Gasteiger charge is 2.17. The Hall–Kier alpha value is -0.510. The van der Waals surface area contributed by atoms with Crippen molar-refractivity contribution >= 4 is 11.8 Å². The summed E-state index contributed by atoms with van der Waals surface area (Å²) in [6, 6.07) is 8.83. The van der Waals surface area contributed by atoms with Gasteiger partial charge in [0.25, 0.3) is 0 Å². The van der Waals surface area contributed by atoms with Crippen LogP contribution >= 0.6 is 11.8 Å². The van der Waals surface area contributed by atoms with Crippen molar-refractivity contribution in [3.63, 3.8) is 0 Å². The highest BCUT2D eigenvalue weighted by atomic mass is 32.2. The minimum atomic E-state index is 0.303. The molecule has 1 aromatic carbocycles. The number of nitrogens with two attached hydrogens (primary N) is 1. The van der Waals surface area contributed by atoms with Crippen LogP contribution in [-0.2, 0) is 4.74 Å². The van der Waals surface area contributed by atoms with Gasteiger partial charge in [0.05, 0.1) is 0 Å². The Bertz CT molecular complexity index is 363. The van der Waals surface area contributed by atoms with E-state index in [0.717, 1.165) is 31.3 Å². The molecular weight excluding hydrogens is 242 g/mol. The second-order valence-electron chi connectivity index (χ2n) is 5.13. The molecule has 1 fully saturated rings. The summed E-state index contributed by atoms with van der Waals surface area (Å²) in [7, 11) is 0. The zero-order valence-corrected chi connectivity index (χ0v) is 11.9. The lowest BCUT2D eigenvalue weighted by atomic mass is 9.93. The maximum Gasteiger partial charge on any atom is 0.0468 e. The maximum atomic E-state index is 6.24. The topological polar surface area (TPSA) is 35.2 Å². The largest absolute Gasteiger partial charge is 0.381 e. The molecule has 0 saturated carbocycles. The normalized spacial score (nSPS) is 18.8. The highest BCUT2D eigenvalue weighted by molar-refractivity contribution is 7.99. The molecule has 1 heterocycles. The summed E-state index contributed by atoms with van der Waals surface area (Å²) in [5, 5.41) is 0. The Morgan fingerprint density at radius 1 is 1.33 bits per heavy atom. The van der Waals surface area contributed by atoms with Crippen molar-refractivity contribution in [1.29, 1.82) is 0 Å². The Morgan fingerprint density at radius 3 is 2.78 bits per heavy atom. The van der Waals surface area contributed by atoms with Crippen LogP contribution in [0.5, 0.6) is 0 Å². The first-order valence-corrected chi connectivity index (χ1v) is 7.76. The lowest BCUT2D eigenvalue weighted by molar-refractivity contribution is 0.0625. The Kier molecular flexibility index (Phi) is 5.54. The van der Waals surface area contributed by atoms with E-state index in [-0.39, 0.29) is 0 Å². The van der Waals surface area contributed by atoms with Crippen molar-refractivity contribution in [1.82, 2.24) is 0 Å². The van der Waals surface area contributed by atoms with E-state index in [9.17, 15) is 0 Å². The fraction of sp³-hybridized carbons (Fsp3) is 0.600. The van der Waals surface area contributed by atoms with Gasteiger partial charge in [-0.15, -0.1) is 11.8 Å². The third kappa shape index (κ3) is 4.30. The summed E-state index contributed by atoms with van der Waals surface area (Å²) < 4.78 is 5.38. The summed E-state index contributed by atoms with van der Waals surface area (Å²) in [4.78, 5) is 1.36. The van der Waals surface area contributed by atoms with Gasteiger partial charge in [0.15, 0.2) is 0 Å². The standard InChI is InChI=1S/C15H23NOS/c1-12-4-2-3-5-15(12)18-11-14(16)10-13-6-8-17-9-7-13/h2-5,13-14H,6-11,16H2,1H3. The predicted molar refractivity (Wildman–Crippen MR) is 78.0 cm³/mol. The molecule has 0 amide bonds. The zero-order valence-electron chi connectivity index (χ0n) is 11.1. The minimum Gasteiger partial charge on any atom is -0.381 e. The van der Waals surface area contributed by atoms with Crippen molar-refractivity contribution in [2.75, 3.05) is 19.0 Å². The van der Waals surface area contributed by atoms with Crippen LogP contribution in [0.15, 0.2) is 29.2 Å². The van der Waals surface area contributed by atoms with Gasteiger partial charge >= 0.3 is 0 Å². The van der Waals surface area contributed by atoms with Crippen LogP contribution in [0.25, 0.3) is 0 Å². The van der Waals surface area contributed by atoms with E-state index in [0.29, 0.717) is 6.04 Å². The molecule has 2 N–H and O–H groups in total. The van der Waals surface area contributed by atoms with E-state index in [1.807, 2.05) is 11.8 Å². The van der Waals surface area contributed by atoms with Crippen molar-refractivity contribution in [3.8, 4) is 0 Å². The van der Waals surface area contributed by atoms with Crippen molar-refractivity contribution < 1.29 is 4.74 Å². The number of benzene rings is 1. The molecule has 2 nitrogen and oxygen atoms in total. The van der Waals surface area contributed by atoms with Gasteiger partial charge in [-0.25, -0.2) is 0 Å². The highest BCUT2D eigenvalue weighted by Crippen LogP contribution is 2.25. The SMILES string of the molecule is Cc1ccccc1SCC(N)CC1CCOCC1. The monoisotopic (exact) mass is 265 g/mol. The number of thioether (sulfide) groups is 1. The number of hydrogen-bond donors (Lipinski definition) is 1. The van der Waals surface area contributed by atoms with Gasteiger partial charge in [-0.2, -0.15) is 0 Å². The Balaban J connectivity index is 1.74. The molecule has 100 valence electrons. The molecule has 3 heteroatoms. The smallest absolute Gasteiger partial charge is 0.0468 e. The van der Waals surface area contributed by atoms with Crippen LogP contribution in [0, 0.1) is 12.8 Å². The van der Waals surface area contributed by atoms with E-state index in [2.05, 4.69) is 31.2 Å². The summed E-state index contributed by atoms with van der Waals surface area (Å²) in [6.45, 7) is 4.00. The Morgan fingerprint density at radius 2 is 2.06 bits per heavy atom. The summed E-state index contributed by atoms with van der Waals surface area (Å²) >= 11 is 1.89. The average molecular weight is 265 g/mol. The molecule has 1 saturated heterocycles. The van der Waals surface area contributed by atoms with Crippen LogP contribution in [0.1, 0.15) is 24.8 Å². The molecular formula is C15H23NOS. The van der Waals surface area contributed by atoms with E-state index in [1.165, 1.54) is 23.3 Å². The first kappa shape index (κ1) is 13.9. The van der Waals surface area contributed by atoms with Crippen molar-refractivity contribution in [3.05, 3.63) is 29.8 Å². The molecule has 18 heavy (non-hydrogen) atoms. The molecule has 0 aliphatic carbocycles. The predicted octanol–water partition coefficient (Wildman–Crippen LogP) is 3.23. The number of aryl methyl sites for hydroxylation is 1. The van der Waals surface area contributed by atoms with Crippen LogP contribution in [-0.4, -0.2) is 25.0 Å². The first-order valence-electron chi connectivity index (χ1n) is 6.77. The molecule has 0 spiro atoms. The third-order valence-corrected chi connectivity index (χ3v) is 4.89. The third-order valence-electron chi connectivity index (χ3n) is 3.52. The Labute approximate surface area is 114 Å². The molecule has 1 aliphatic heterocycles. The minimum absolute atomic E-state index is 0.303. The molecule has 1 aromatic rings. The van der Waals surface area contributed by atoms with E-state index in [1.54, 1.807) is 0 Å². The lowest BCUT2D eigenvalue weighted by Gasteiger charge is -2.24. The maximum absolute atomic E-state index is 6.24.